The summed E-state index contributed by atoms with van der Waals surface area (Å²) in [7, 11) is 1.59. The van der Waals surface area contributed by atoms with Gasteiger partial charge in [0.25, 0.3) is 11.5 Å². The molecule has 8 heteroatoms. The molecule has 0 spiro atoms. The van der Waals surface area contributed by atoms with Gasteiger partial charge in [-0.1, -0.05) is 25.0 Å². The highest BCUT2D eigenvalue weighted by Crippen LogP contribution is 2.29. The lowest BCUT2D eigenvalue weighted by Crippen LogP contribution is -2.37. The van der Waals surface area contributed by atoms with Gasteiger partial charge in [-0.15, -0.1) is 0 Å². The summed E-state index contributed by atoms with van der Waals surface area (Å²) in [6.45, 7) is 0.262. The maximum Gasteiger partial charge on any atom is 0.306 e. The van der Waals surface area contributed by atoms with Gasteiger partial charge < -0.3 is 20.1 Å². The van der Waals surface area contributed by atoms with Crippen molar-refractivity contribution in [1.82, 2.24) is 15.3 Å². The molecule has 0 aliphatic heterocycles. The van der Waals surface area contributed by atoms with E-state index in [2.05, 4.69) is 15.3 Å². The molecule has 8 nitrogen and oxygen atoms in total. The number of carbonyl (C=O) groups excluding carboxylic acids is 1. The van der Waals surface area contributed by atoms with Crippen LogP contribution in [-0.2, 0) is 11.2 Å². The molecule has 1 aromatic carbocycles. The minimum Gasteiger partial charge on any atom is -0.497 e. The predicted molar refractivity (Wildman–Crippen MR) is 106 cm³/mol. The van der Waals surface area contributed by atoms with E-state index in [1.807, 2.05) is 24.3 Å². The molecule has 1 heterocycles. The van der Waals surface area contributed by atoms with E-state index in [-0.39, 0.29) is 18.2 Å². The molecule has 29 heavy (non-hydrogen) atoms. The lowest BCUT2D eigenvalue weighted by molar-refractivity contribution is -0.144. The van der Waals surface area contributed by atoms with E-state index in [0.29, 0.717) is 18.7 Å². The second kappa shape index (κ2) is 9.36. The van der Waals surface area contributed by atoms with Gasteiger partial charge in [0, 0.05) is 19.0 Å². The molecule has 1 aliphatic rings. The number of carboxylic acid groups (broad SMARTS) is 1. The van der Waals surface area contributed by atoms with Crippen molar-refractivity contribution >= 4 is 11.9 Å². The summed E-state index contributed by atoms with van der Waals surface area (Å²) in [5.41, 5.74) is 0.535. The molecule has 0 bridgehead atoms. The van der Waals surface area contributed by atoms with Crippen molar-refractivity contribution in [2.45, 2.75) is 32.1 Å². The van der Waals surface area contributed by atoms with E-state index >= 15 is 0 Å². The number of amides is 1. The third-order valence-electron chi connectivity index (χ3n) is 5.31. The van der Waals surface area contributed by atoms with Crippen molar-refractivity contribution in [2.24, 2.45) is 11.8 Å². The standard InChI is InChI=1S/C21H25N3O5/c1-29-15-8-6-13(7-9-15)10-18-23-17(11-19(25)24-18)20(26)22-12-14-4-2-3-5-16(14)21(27)28/h6-9,11,14,16H,2-5,10,12H2,1H3,(H,22,26)(H,27,28)(H,23,24,25)/t14-,16-/m0/s1. The number of rotatable bonds is 7. The number of nitrogens with one attached hydrogen (secondary N) is 2. The van der Waals surface area contributed by atoms with E-state index in [0.717, 1.165) is 36.6 Å². The van der Waals surface area contributed by atoms with Crippen LogP contribution in [0.4, 0.5) is 0 Å². The number of aromatic amines is 1. The Morgan fingerprint density at radius 3 is 2.66 bits per heavy atom. The summed E-state index contributed by atoms with van der Waals surface area (Å²) in [4.78, 5) is 42.8. The van der Waals surface area contributed by atoms with Crippen LogP contribution in [0.15, 0.2) is 35.1 Å². The lowest BCUT2D eigenvalue weighted by Gasteiger charge is -2.28. The molecular weight excluding hydrogens is 374 g/mol. The zero-order valence-corrected chi connectivity index (χ0v) is 16.3. The fourth-order valence-corrected chi connectivity index (χ4v) is 3.74. The Morgan fingerprint density at radius 2 is 1.97 bits per heavy atom. The third-order valence-corrected chi connectivity index (χ3v) is 5.31. The monoisotopic (exact) mass is 399 g/mol. The molecule has 154 valence electrons. The lowest BCUT2D eigenvalue weighted by atomic mass is 9.79. The molecule has 0 saturated heterocycles. The van der Waals surface area contributed by atoms with E-state index in [9.17, 15) is 19.5 Å². The van der Waals surface area contributed by atoms with Crippen molar-refractivity contribution in [2.75, 3.05) is 13.7 Å². The Bertz CT molecular complexity index is 923. The van der Waals surface area contributed by atoms with Crippen LogP contribution in [0.1, 0.15) is 47.6 Å². The van der Waals surface area contributed by atoms with Gasteiger partial charge in [-0.05, 0) is 36.5 Å². The molecule has 1 saturated carbocycles. The van der Waals surface area contributed by atoms with Gasteiger partial charge in [0.05, 0.1) is 13.0 Å². The molecule has 3 N–H and O–H groups in total. The minimum absolute atomic E-state index is 0.0277. The smallest absolute Gasteiger partial charge is 0.306 e. The highest BCUT2D eigenvalue weighted by molar-refractivity contribution is 5.92. The number of H-pyrrole nitrogens is 1. The van der Waals surface area contributed by atoms with Crippen LogP contribution >= 0.6 is 0 Å². The van der Waals surface area contributed by atoms with Gasteiger partial charge in [0.2, 0.25) is 0 Å². The number of hydrogen-bond acceptors (Lipinski definition) is 5. The number of methoxy groups -OCH3 is 1. The quantitative estimate of drug-likeness (QED) is 0.655. The number of carbonyl (C=O) groups is 2. The van der Waals surface area contributed by atoms with E-state index in [4.69, 9.17) is 4.74 Å². The summed E-state index contributed by atoms with van der Waals surface area (Å²) in [5.74, 6) is -0.728. The number of benzene rings is 1. The van der Waals surface area contributed by atoms with Crippen molar-refractivity contribution < 1.29 is 19.4 Å². The van der Waals surface area contributed by atoms with Crippen molar-refractivity contribution in [3.8, 4) is 5.75 Å². The van der Waals surface area contributed by atoms with Gasteiger partial charge in [-0.2, -0.15) is 0 Å². The topological polar surface area (TPSA) is 121 Å². The Labute approximate surface area is 168 Å². The first-order valence-corrected chi connectivity index (χ1v) is 9.70. The van der Waals surface area contributed by atoms with Gasteiger partial charge in [-0.3, -0.25) is 14.4 Å². The number of aromatic nitrogens is 2. The first-order valence-electron chi connectivity index (χ1n) is 9.70. The maximum absolute atomic E-state index is 12.5. The largest absolute Gasteiger partial charge is 0.497 e. The Hall–Kier alpha value is -3.16. The predicted octanol–water partition coefficient (Wildman–Crippen LogP) is 1.99. The Balaban J connectivity index is 1.67. The number of carboxylic acids is 1. The number of hydrogen-bond donors (Lipinski definition) is 3. The summed E-state index contributed by atoms with van der Waals surface area (Å²) in [5, 5.41) is 12.1. The summed E-state index contributed by atoms with van der Waals surface area (Å²) >= 11 is 0. The number of nitrogens with zero attached hydrogens (tertiary/aromatic N) is 1. The second-order valence-electron chi connectivity index (χ2n) is 7.30. The van der Waals surface area contributed by atoms with Crippen molar-refractivity contribution in [3.63, 3.8) is 0 Å². The molecule has 1 aliphatic carbocycles. The molecule has 2 aromatic rings. The zero-order chi connectivity index (χ0) is 20.8. The Kier molecular flexibility index (Phi) is 6.64. The fourth-order valence-electron chi connectivity index (χ4n) is 3.74. The first kappa shape index (κ1) is 20.6. The average molecular weight is 399 g/mol. The van der Waals surface area contributed by atoms with Crippen molar-refractivity contribution in [1.29, 1.82) is 0 Å². The normalized spacial score (nSPS) is 18.8. The van der Waals surface area contributed by atoms with Crippen LogP contribution < -0.4 is 15.6 Å². The summed E-state index contributed by atoms with van der Waals surface area (Å²) in [6, 6.07) is 8.50. The van der Waals surface area contributed by atoms with E-state index in [1.165, 1.54) is 0 Å². The maximum atomic E-state index is 12.5. The number of aliphatic carboxylic acids is 1. The highest BCUT2D eigenvalue weighted by atomic mass is 16.5. The molecule has 0 unspecified atom stereocenters. The average Bonchev–Trinajstić information content (AvgIpc) is 2.72. The van der Waals surface area contributed by atoms with Crippen LogP contribution in [0.2, 0.25) is 0 Å². The molecule has 3 rings (SSSR count). The Morgan fingerprint density at radius 1 is 1.24 bits per heavy atom. The van der Waals surface area contributed by atoms with Crippen LogP contribution in [-0.4, -0.2) is 40.6 Å². The van der Waals surface area contributed by atoms with Gasteiger partial charge in [0.15, 0.2) is 0 Å². The van der Waals surface area contributed by atoms with Crippen LogP contribution in [0.3, 0.4) is 0 Å². The number of ether oxygens (including phenoxy) is 1. The molecule has 1 amide bonds. The van der Waals surface area contributed by atoms with Gasteiger partial charge >= 0.3 is 5.97 Å². The highest BCUT2D eigenvalue weighted by Gasteiger charge is 2.31. The van der Waals surface area contributed by atoms with Crippen LogP contribution in [0, 0.1) is 11.8 Å². The van der Waals surface area contributed by atoms with Crippen LogP contribution in [0.5, 0.6) is 5.75 Å². The molecule has 1 fully saturated rings. The second-order valence-corrected chi connectivity index (χ2v) is 7.30. The molecule has 2 atom stereocenters. The first-order chi connectivity index (χ1) is 14.0. The fraction of sp³-hybridized carbons (Fsp3) is 0.429. The zero-order valence-electron chi connectivity index (χ0n) is 16.3. The SMILES string of the molecule is COc1ccc(Cc2nc(C(=O)NC[C@@H]3CCCC[C@@H]3C(=O)O)cc(=O)[nH]2)cc1. The molecular formula is C21H25N3O5. The van der Waals surface area contributed by atoms with Gasteiger partial charge in [0.1, 0.15) is 17.3 Å². The minimum atomic E-state index is -0.819. The summed E-state index contributed by atoms with van der Waals surface area (Å²) < 4.78 is 5.13. The van der Waals surface area contributed by atoms with Crippen LogP contribution in [0.25, 0.3) is 0 Å². The molecule has 0 radical (unpaired) electrons. The van der Waals surface area contributed by atoms with Gasteiger partial charge in [-0.25, -0.2) is 4.98 Å². The molecule has 1 aromatic heterocycles. The summed E-state index contributed by atoms with van der Waals surface area (Å²) in [6.07, 6.45) is 3.61. The van der Waals surface area contributed by atoms with Crippen molar-refractivity contribution in [3.05, 3.63) is 57.8 Å². The van der Waals surface area contributed by atoms with E-state index < -0.39 is 23.4 Å². The van der Waals surface area contributed by atoms with E-state index in [1.54, 1.807) is 7.11 Å². The third kappa shape index (κ3) is 5.43.